The maximum Gasteiger partial charge on any atom is 0.230 e. The van der Waals surface area contributed by atoms with Gasteiger partial charge in [-0.3, -0.25) is 4.79 Å². The first kappa shape index (κ1) is 11.3. The lowest BCUT2D eigenvalue weighted by atomic mass is 9.70. The van der Waals surface area contributed by atoms with Crippen molar-refractivity contribution in [2.24, 2.45) is 0 Å². The molecule has 1 aliphatic carbocycles. The number of carbonyl (C=O) groups is 1. The largest absolute Gasteiger partial charge is 0.353 e. The molecule has 3 nitrogen and oxygen atoms in total. The zero-order valence-corrected chi connectivity index (χ0v) is 10.2. The van der Waals surface area contributed by atoms with Crippen LogP contribution >= 0.6 is 11.8 Å². The Morgan fingerprint density at radius 2 is 2.40 bits per heavy atom. The summed E-state index contributed by atoms with van der Waals surface area (Å²) in [6.45, 7) is 1.06. The zero-order valence-electron chi connectivity index (χ0n) is 9.34. The van der Waals surface area contributed by atoms with Crippen LogP contribution in [0.3, 0.4) is 0 Å². The van der Waals surface area contributed by atoms with E-state index in [0.29, 0.717) is 17.3 Å². The quantitative estimate of drug-likeness (QED) is 0.761. The van der Waals surface area contributed by atoms with Crippen LogP contribution in [0.4, 0.5) is 0 Å². The molecule has 4 heteroatoms. The van der Waals surface area contributed by atoms with Crippen LogP contribution in [-0.2, 0) is 4.79 Å². The third-order valence-corrected chi connectivity index (χ3v) is 4.13. The molecule has 1 heterocycles. The molecule has 86 valence electrons. The molecule has 2 aliphatic rings. The molecule has 2 fully saturated rings. The minimum absolute atomic E-state index is 0.198. The fraction of sp³-hybridized carbons (Fsp3) is 0.909. The highest BCUT2D eigenvalue weighted by Gasteiger charge is 2.41. The van der Waals surface area contributed by atoms with Crippen molar-refractivity contribution >= 4 is 17.7 Å². The average Bonchev–Trinajstić information content (AvgIpc) is 2.16. The SMILES string of the molecule is CSCC(=O)NC1CCNC2(CCC2)C1. The maximum absolute atomic E-state index is 11.5. The second-order valence-electron chi connectivity index (χ2n) is 4.75. The molecule has 2 rings (SSSR count). The van der Waals surface area contributed by atoms with Gasteiger partial charge in [-0.15, -0.1) is 0 Å². The molecule has 15 heavy (non-hydrogen) atoms. The van der Waals surface area contributed by atoms with Gasteiger partial charge in [0, 0.05) is 11.6 Å². The Labute approximate surface area is 95.8 Å². The van der Waals surface area contributed by atoms with Crippen LogP contribution in [0, 0.1) is 0 Å². The van der Waals surface area contributed by atoms with Crippen LogP contribution in [0.15, 0.2) is 0 Å². The predicted molar refractivity (Wildman–Crippen MR) is 64.1 cm³/mol. The van der Waals surface area contributed by atoms with E-state index in [1.807, 2.05) is 6.26 Å². The highest BCUT2D eigenvalue weighted by atomic mass is 32.2. The number of thioether (sulfide) groups is 1. The molecule has 1 saturated carbocycles. The van der Waals surface area contributed by atoms with Gasteiger partial charge in [-0.05, 0) is 44.9 Å². The van der Waals surface area contributed by atoms with Gasteiger partial charge >= 0.3 is 0 Å². The highest BCUT2D eigenvalue weighted by molar-refractivity contribution is 7.99. The highest BCUT2D eigenvalue weighted by Crippen LogP contribution is 2.38. The van der Waals surface area contributed by atoms with Crippen molar-refractivity contribution in [3.05, 3.63) is 0 Å². The minimum atomic E-state index is 0.198. The van der Waals surface area contributed by atoms with Gasteiger partial charge in [0.2, 0.25) is 5.91 Å². The molecule has 0 radical (unpaired) electrons. The van der Waals surface area contributed by atoms with E-state index in [9.17, 15) is 4.79 Å². The molecule has 1 unspecified atom stereocenters. The van der Waals surface area contributed by atoms with Crippen LogP contribution < -0.4 is 10.6 Å². The number of rotatable bonds is 3. The molecule has 0 bridgehead atoms. The summed E-state index contributed by atoms with van der Waals surface area (Å²) < 4.78 is 0. The molecule has 1 atom stereocenters. The Morgan fingerprint density at radius 1 is 1.60 bits per heavy atom. The molecule has 2 N–H and O–H groups in total. The fourth-order valence-electron chi connectivity index (χ4n) is 2.67. The molecular formula is C11H20N2OS. The number of piperidine rings is 1. The average molecular weight is 228 g/mol. The Hall–Kier alpha value is -0.220. The van der Waals surface area contributed by atoms with Crippen LogP contribution in [0.25, 0.3) is 0 Å². The zero-order chi connectivity index (χ0) is 10.7. The summed E-state index contributed by atoms with van der Waals surface area (Å²) in [5.74, 6) is 0.792. The standard InChI is InChI=1S/C11H20N2OS/c1-15-8-10(14)13-9-3-6-12-11(7-9)4-2-5-11/h9,12H,2-8H2,1H3,(H,13,14). The van der Waals surface area contributed by atoms with Gasteiger partial charge in [0.25, 0.3) is 0 Å². The van der Waals surface area contributed by atoms with Gasteiger partial charge < -0.3 is 10.6 Å². The summed E-state index contributed by atoms with van der Waals surface area (Å²) in [7, 11) is 0. The van der Waals surface area contributed by atoms with Gasteiger partial charge in [-0.2, -0.15) is 11.8 Å². The predicted octanol–water partition coefficient (Wildman–Crippen LogP) is 1.14. The Bertz CT molecular complexity index is 241. The lowest BCUT2D eigenvalue weighted by Gasteiger charge is -2.48. The van der Waals surface area contributed by atoms with Crippen molar-refractivity contribution in [1.29, 1.82) is 0 Å². The normalized spacial score (nSPS) is 28.5. The van der Waals surface area contributed by atoms with Gasteiger partial charge in [-0.25, -0.2) is 0 Å². The van der Waals surface area contributed by atoms with E-state index in [1.54, 1.807) is 11.8 Å². The van der Waals surface area contributed by atoms with E-state index >= 15 is 0 Å². The monoisotopic (exact) mass is 228 g/mol. The number of hydrogen-bond acceptors (Lipinski definition) is 3. The molecular weight excluding hydrogens is 208 g/mol. The molecule has 0 aromatic carbocycles. The first-order valence-electron chi connectivity index (χ1n) is 5.77. The summed E-state index contributed by atoms with van der Waals surface area (Å²) in [5, 5.41) is 6.75. The smallest absolute Gasteiger partial charge is 0.230 e. The van der Waals surface area contributed by atoms with Crippen LogP contribution in [-0.4, -0.2) is 36.0 Å². The number of nitrogens with one attached hydrogen (secondary N) is 2. The van der Waals surface area contributed by atoms with Crippen molar-refractivity contribution < 1.29 is 4.79 Å². The number of hydrogen-bond donors (Lipinski definition) is 2. The number of amides is 1. The lowest BCUT2D eigenvalue weighted by Crippen LogP contribution is -2.59. The lowest BCUT2D eigenvalue weighted by molar-refractivity contribution is -0.119. The first-order valence-corrected chi connectivity index (χ1v) is 7.17. The van der Waals surface area contributed by atoms with E-state index in [4.69, 9.17) is 0 Å². The van der Waals surface area contributed by atoms with Crippen molar-refractivity contribution in [3.8, 4) is 0 Å². The van der Waals surface area contributed by atoms with Crippen molar-refractivity contribution in [3.63, 3.8) is 0 Å². The molecule has 1 amide bonds. The van der Waals surface area contributed by atoms with Gasteiger partial charge in [0.05, 0.1) is 5.75 Å². The van der Waals surface area contributed by atoms with Gasteiger partial charge in [0.15, 0.2) is 0 Å². The fourth-order valence-corrected chi connectivity index (χ4v) is 3.01. The third kappa shape index (κ3) is 2.67. The molecule has 0 aromatic rings. The Kier molecular flexibility index (Phi) is 3.57. The second kappa shape index (κ2) is 4.74. The van der Waals surface area contributed by atoms with Gasteiger partial charge in [-0.1, -0.05) is 0 Å². The summed E-state index contributed by atoms with van der Waals surface area (Å²) in [6.07, 6.45) is 8.12. The van der Waals surface area contributed by atoms with Crippen molar-refractivity contribution in [1.82, 2.24) is 10.6 Å². The van der Waals surface area contributed by atoms with Crippen LogP contribution in [0.2, 0.25) is 0 Å². The third-order valence-electron chi connectivity index (χ3n) is 3.58. The van der Waals surface area contributed by atoms with E-state index in [2.05, 4.69) is 10.6 Å². The molecule has 1 aliphatic heterocycles. The van der Waals surface area contributed by atoms with Crippen LogP contribution in [0.1, 0.15) is 32.1 Å². The summed E-state index contributed by atoms with van der Waals surface area (Å²) >= 11 is 1.59. The Morgan fingerprint density at radius 3 is 3.00 bits per heavy atom. The van der Waals surface area contributed by atoms with Crippen molar-refractivity contribution in [2.75, 3.05) is 18.6 Å². The summed E-state index contributed by atoms with van der Waals surface area (Å²) in [5.41, 5.74) is 0.384. The first-order chi connectivity index (χ1) is 7.24. The molecule has 1 saturated heterocycles. The maximum atomic E-state index is 11.5. The topological polar surface area (TPSA) is 41.1 Å². The minimum Gasteiger partial charge on any atom is -0.353 e. The van der Waals surface area contributed by atoms with Crippen LogP contribution in [0.5, 0.6) is 0 Å². The summed E-state index contributed by atoms with van der Waals surface area (Å²) in [6, 6.07) is 0.409. The Balaban J connectivity index is 1.80. The molecule has 1 spiro atoms. The molecule has 0 aromatic heterocycles. The van der Waals surface area contributed by atoms with E-state index in [0.717, 1.165) is 19.4 Å². The van der Waals surface area contributed by atoms with Gasteiger partial charge in [0.1, 0.15) is 0 Å². The second-order valence-corrected chi connectivity index (χ2v) is 5.62. The van der Waals surface area contributed by atoms with E-state index < -0.39 is 0 Å². The van der Waals surface area contributed by atoms with Crippen molar-refractivity contribution in [2.45, 2.75) is 43.7 Å². The number of carbonyl (C=O) groups excluding carboxylic acids is 1. The van der Waals surface area contributed by atoms with E-state index in [-0.39, 0.29) is 5.91 Å². The summed E-state index contributed by atoms with van der Waals surface area (Å²) in [4.78, 5) is 11.5. The van der Waals surface area contributed by atoms with E-state index in [1.165, 1.54) is 19.3 Å².